The fourth-order valence-corrected chi connectivity index (χ4v) is 2.97. The lowest BCUT2D eigenvalue weighted by molar-refractivity contribution is 0.00755. The average molecular weight is 294 g/mol. The van der Waals surface area contributed by atoms with Crippen molar-refractivity contribution in [2.24, 2.45) is 0 Å². The summed E-state index contributed by atoms with van der Waals surface area (Å²) in [5, 5.41) is 20.4. The zero-order valence-electron chi connectivity index (χ0n) is 13.2. The van der Waals surface area contributed by atoms with Gasteiger partial charge in [-0.25, -0.2) is 4.79 Å². The average Bonchev–Trinajstić information content (AvgIpc) is 2.73. The summed E-state index contributed by atoms with van der Waals surface area (Å²) in [7, 11) is 0. The number of hydrogen-bond donors (Lipinski definition) is 3. The van der Waals surface area contributed by atoms with Crippen LogP contribution in [0.2, 0.25) is 0 Å². The summed E-state index contributed by atoms with van der Waals surface area (Å²) in [5.41, 5.74) is 1.76. The first-order valence-electron chi connectivity index (χ1n) is 7.76. The van der Waals surface area contributed by atoms with E-state index in [9.17, 15) is 9.90 Å². The molecule has 2 amide bonds. The van der Waals surface area contributed by atoms with E-state index in [1.54, 1.807) is 0 Å². The number of aryl methyl sites for hydroxylation is 2. The molecule has 0 saturated heterocycles. The van der Waals surface area contributed by atoms with Gasteiger partial charge in [0.15, 0.2) is 0 Å². The van der Waals surface area contributed by atoms with Gasteiger partial charge in [0.25, 0.3) is 0 Å². The maximum absolute atomic E-state index is 12.0. The number of rotatable bonds is 4. The summed E-state index contributed by atoms with van der Waals surface area (Å²) in [6.45, 7) is 6.91. The number of nitrogens with one attached hydrogen (secondary N) is 2. The van der Waals surface area contributed by atoms with Crippen molar-refractivity contribution in [3.63, 3.8) is 0 Å². The zero-order valence-corrected chi connectivity index (χ0v) is 13.2. The Morgan fingerprint density at radius 1 is 1.33 bits per heavy atom. The number of carbonyl (C=O) groups excluding carboxylic acids is 1. The van der Waals surface area contributed by atoms with E-state index in [-0.39, 0.29) is 6.03 Å². The zero-order chi connectivity index (χ0) is 15.5. The second kappa shape index (κ2) is 6.47. The molecular weight excluding hydrogens is 268 g/mol. The number of anilines is 1. The second-order valence-corrected chi connectivity index (χ2v) is 5.95. The summed E-state index contributed by atoms with van der Waals surface area (Å²) < 4.78 is 1.86. The van der Waals surface area contributed by atoms with Gasteiger partial charge in [0.05, 0.1) is 22.7 Å². The second-order valence-electron chi connectivity index (χ2n) is 5.95. The summed E-state index contributed by atoms with van der Waals surface area (Å²) in [6, 6.07) is -0.282. The third kappa shape index (κ3) is 3.75. The van der Waals surface area contributed by atoms with Crippen molar-refractivity contribution in [3.05, 3.63) is 11.4 Å². The van der Waals surface area contributed by atoms with Gasteiger partial charge in [-0.3, -0.25) is 4.68 Å². The molecule has 21 heavy (non-hydrogen) atoms. The molecule has 6 heteroatoms. The summed E-state index contributed by atoms with van der Waals surface area (Å²) >= 11 is 0. The van der Waals surface area contributed by atoms with E-state index in [2.05, 4.69) is 15.7 Å². The highest BCUT2D eigenvalue weighted by molar-refractivity contribution is 5.90. The largest absolute Gasteiger partial charge is 0.388 e. The van der Waals surface area contributed by atoms with Crippen LogP contribution in [0, 0.1) is 13.8 Å². The molecule has 0 aromatic carbocycles. The molecule has 1 aliphatic carbocycles. The number of aliphatic hydroxyl groups is 1. The molecule has 0 radical (unpaired) electrons. The Morgan fingerprint density at radius 2 is 2.00 bits per heavy atom. The summed E-state index contributed by atoms with van der Waals surface area (Å²) in [5.74, 6) is 0. The first-order valence-corrected chi connectivity index (χ1v) is 7.76. The molecule has 0 bridgehead atoms. The van der Waals surface area contributed by atoms with Gasteiger partial charge in [-0.2, -0.15) is 5.10 Å². The molecule has 0 aliphatic heterocycles. The van der Waals surface area contributed by atoms with Gasteiger partial charge in [-0.15, -0.1) is 0 Å². The highest BCUT2D eigenvalue weighted by Gasteiger charge is 2.29. The van der Waals surface area contributed by atoms with Crippen LogP contribution in [0.15, 0.2) is 0 Å². The van der Waals surface area contributed by atoms with E-state index in [1.165, 1.54) is 6.42 Å². The molecule has 0 unspecified atom stereocenters. The molecule has 0 spiro atoms. The van der Waals surface area contributed by atoms with E-state index in [0.717, 1.165) is 49.3 Å². The van der Waals surface area contributed by atoms with Gasteiger partial charge in [0, 0.05) is 13.1 Å². The summed E-state index contributed by atoms with van der Waals surface area (Å²) in [6.07, 6.45) is 4.75. The first kappa shape index (κ1) is 15.8. The van der Waals surface area contributed by atoms with Crippen LogP contribution in [0.4, 0.5) is 10.5 Å². The number of aromatic nitrogens is 2. The van der Waals surface area contributed by atoms with Crippen LogP contribution in [0.3, 0.4) is 0 Å². The number of nitrogens with zero attached hydrogens (tertiary/aromatic N) is 2. The fraction of sp³-hybridized carbons (Fsp3) is 0.733. The number of amides is 2. The molecule has 1 aromatic heterocycles. The minimum Gasteiger partial charge on any atom is -0.388 e. The number of hydrogen-bond acceptors (Lipinski definition) is 3. The Bertz CT molecular complexity index is 504. The van der Waals surface area contributed by atoms with Gasteiger partial charge in [-0.1, -0.05) is 19.3 Å². The predicted octanol–water partition coefficient (Wildman–Crippen LogP) is 2.34. The van der Waals surface area contributed by atoms with Gasteiger partial charge in [0.1, 0.15) is 0 Å². The Kier molecular flexibility index (Phi) is 4.88. The van der Waals surface area contributed by atoms with Crippen LogP contribution in [-0.2, 0) is 6.54 Å². The monoisotopic (exact) mass is 294 g/mol. The molecule has 2 rings (SSSR count). The summed E-state index contributed by atoms with van der Waals surface area (Å²) in [4.78, 5) is 12.0. The van der Waals surface area contributed by atoms with E-state index >= 15 is 0 Å². The lowest BCUT2D eigenvalue weighted by Crippen LogP contribution is -2.45. The Hall–Kier alpha value is -1.56. The van der Waals surface area contributed by atoms with Crippen LogP contribution in [0.25, 0.3) is 0 Å². The van der Waals surface area contributed by atoms with Crippen LogP contribution < -0.4 is 10.6 Å². The van der Waals surface area contributed by atoms with E-state index < -0.39 is 5.60 Å². The van der Waals surface area contributed by atoms with Crippen molar-refractivity contribution >= 4 is 11.7 Å². The highest BCUT2D eigenvalue weighted by atomic mass is 16.3. The molecule has 3 N–H and O–H groups in total. The topological polar surface area (TPSA) is 79.2 Å². The molecule has 1 saturated carbocycles. The molecule has 6 nitrogen and oxygen atoms in total. The third-order valence-electron chi connectivity index (χ3n) is 4.28. The minimum absolute atomic E-state index is 0.282. The van der Waals surface area contributed by atoms with Crippen molar-refractivity contribution in [1.29, 1.82) is 0 Å². The first-order chi connectivity index (χ1) is 9.95. The Morgan fingerprint density at radius 3 is 2.57 bits per heavy atom. The van der Waals surface area contributed by atoms with Crippen molar-refractivity contribution in [2.75, 3.05) is 11.9 Å². The van der Waals surface area contributed by atoms with Crippen molar-refractivity contribution < 1.29 is 9.90 Å². The normalized spacial score (nSPS) is 17.5. The van der Waals surface area contributed by atoms with E-state index in [4.69, 9.17) is 0 Å². The highest BCUT2D eigenvalue weighted by Crippen LogP contribution is 2.27. The van der Waals surface area contributed by atoms with E-state index in [1.807, 2.05) is 25.5 Å². The number of carbonyl (C=O) groups is 1. The van der Waals surface area contributed by atoms with Crippen LogP contribution in [0.1, 0.15) is 50.4 Å². The lowest BCUT2D eigenvalue weighted by Gasteiger charge is -2.32. The molecule has 1 fully saturated rings. The molecule has 1 aromatic rings. The maximum atomic E-state index is 12.0. The molecule has 0 atom stereocenters. The Labute approximate surface area is 125 Å². The number of urea groups is 1. The fourth-order valence-electron chi connectivity index (χ4n) is 2.97. The van der Waals surface area contributed by atoms with E-state index in [0.29, 0.717) is 6.54 Å². The molecule has 1 heterocycles. The van der Waals surface area contributed by atoms with Crippen LogP contribution in [-0.4, -0.2) is 33.1 Å². The smallest absolute Gasteiger partial charge is 0.319 e. The minimum atomic E-state index is -0.743. The van der Waals surface area contributed by atoms with Crippen molar-refractivity contribution in [2.45, 2.75) is 65.0 Å². The third-order valence-corrected chi connectivity index (χ3v) is 4.28. The molecule has 118 valence electrons. The van der Waals surface area contributed by atoms with Crippen molar-refractivity contribution in [1.82, 2.24) is 15.1 Å². The SMILES string of the molecule is CCn1nc(C)c(NC(=O)NCC2(O)CCCCC2)c1C. The van der Waals surface area contributed by atoms with Crippen molar-refractivity contribution in [3.8, 4) is 0 Å². The molecular formula is C15H26N4O2. The Balaban J connectivity index is 1.91. The maximum Gasteiger partial charge on any atom is 0.319 e. The van der Waals surface area contributed by atoms with Crippen LogP contribution >= 0.6 is 0 Å². The van der Waals surface area contributed by atoms with Gasteiger partial charge in [-0.05, 0) is 33.6 Å². The quantitative estimate of drug-likeness (QED) is 0.797. The molecule has 1 aliphatic rings. The van der Waals surface area contributed by atoms with Crippen LogP contribution in [0.5, 0.6) is 0 Å². The van der Waals surface area contributed by atoms with Gasteiger partial charge < -0.3 is 15.7 Å². The predicted molar refractivity (Wildman–Crippen MR) is 82.4 cm³/mol. The van der Waals surface area contributed by atoms with Gasteiger partial charge in [0.2, 0.25) is 0 Å². The standard InChI is InChI=1S/C15H26N4O2/c1-4-19-12(3)13(11(2)18-19)17-14(20)16-10-15(21)8-6-5-7-9-15/h21H,4-10H2,1-3H3,(H2,16,17,20). The lowest BCUT2D eigenvalue weighted by atomic mass is 9.85. The van der Waals surface area contributed by atoms with Gasteiger partial charge >= 0.3 is 6.03 Å².